The number of imide groups is 1. The summed E-state index contributed by atoms with van der Waals surface area (Å²) in [6.45, 7) is 5.31. The maximum absolute atomic E-state index is 11.5. The third-order valence-electron chi connectivity index (χ3n) is 2.57. The van der Waals surface area contributed by atoms with E-state index in [0.717, 1.165) is 6.42 Å². The number of alkyl halides is 1. The van der Waals surface area contributed by atoms with Gasteiger partial charge in [0.05, 0.1) is 0 Å². The summed E-state index contributed by atoms with van der Waals surface area (Å²) in [4.78, 5) is 24.1. The van der Waals surface area contributed by atoms with Crippen LogP contribution < -0.4 is 5.32 Å². The number of amides is 3. The topological polar surface area (TPSA) is 49.4 Å². The molecule has 15 heavy (non-hydrogen) atoms. The molecule has 1 rings (SSSR count). The number of nitrogens with one attached hydrogen (secondary N) is 1. The molecule has 0 aliphatic carbocycles. The van der Waals surface area contributed by atoms with Gasteiger partial charge in [0.25, 0.3) is 0 Å². The lowest BCUT2D eigenvalue weighted by atomic mass is 10.0. The molecule has 4 nitrogen and oxygen atoms in total. The highest BCUT2D eigenvalue weighted by Gasteiger charge is 2.19. The van der Waals surface area contributed by atoms with Gasteiger partial charge in [-0.15, -0.1) is 11.6 Å². The van der Waals surface area contributed by atoms with Gasteiger partial charge in [-0.2, -0.15) is 0 Å². The molecule has 0 aromatic carbocycles. The van der Waals surface area contributed by atoms with Crippen molar-refractivity contribution in [1.29, 1.82) is 0 Å². The zero-order valence-corrected chi connectivity index (χ0v) is 9.73. The van der Waals surface area contributed by atoms with E-state index in [-0.39, 0.29) is 11.9 Å². The number of nitrogens with zero attached hydrogens (tertiary/aromatic N) is 1. The average Bonchev–Trinajstić information content (AvgIpc) is 2.21. The van der Waals surface area contributed by atoms with Crippen LogP contribution in [0.1, 0.15) is 20.3 Å². The maximum Gasteiger partial charge on any atom is 0.324 e. The van der Waals surface area contributed by atoms with Gasteiger partial charge in [0.15, 0.2) is 0 Å². The molecule has 3 amide bonds. The number of rotatable bonds is 1. The van der Waals surface area contributed by atoms with Gasteiger partial charge in [0.2, 0.25) is 5.91 Å². The van der Waals surface area contributed by atoms with Crippen molar-refractivity contribution in [3.05, 3.63) is 11.1 Å². The lowest BCUT2D eigenvalue weighted by Crippen LogP contribution is -2.45. The summed E-state index contributed by atoms with van der Waals surface area (Å²) >= 11 is 5.29. The molecule has 0 spiro atoms. The lowest BCUT2D eigenvalue weighted by molar-refractivity contribution is -0.117. The highest BCUT2D eigenvalue weighted by atomic mass is 35.5. The Hall–Kier alpha value is -1.03. The zero-order chi connectivity index (χ0) is 11.4. The van der Waals surface area contributed by atoms with Gasteiger partial charge < -0.3 is 4.90 Å². The second-order valence-corrected chi connectivity index (χ2v) is 3.99. The van der Waals surface area contributed by atoms with E-state index in [1.54, 1.807) is 4.90 Å². The van der Waals surface area contributed by atoms with Crippen LogP contribution in [0.3, 0.4) is 0 Å². The van der Waals surface area contributed by atoms with Gasteiger partial charge in [-0.25, -0.2) is 4.79 Å². The van der Waals surface area contributed by atoms with Crippen LogP contribution in [0.15, 0.2) is 11.1 Å². The van der Waals surface area contributed by atoms with Crippen LogP contribution in [0.2, 0.25) is 0 Å². The van der Waals surface area contributed by atoms with E-state index in [2.05, 4.69) is 12.2 Å². The second kappa shape index (κ2) is 5.16. The number of urea groups is 1. The summed E-state index contributed by atoms with van der Waals surface area (Å²) in [5.41, 5.74) is 2.51. The molecule has 1 heterocycles. The molecule has 0 atom stereocenters. The molecule has 84 valence electrons. The van der Waals surface area contributed by atoms with Crippen LogP contribution in [0.25, 0.3) is 0 Å². The van der Waals surface area contributed by atoms with E-state index in [1.165, 1.54) is 11.1 Å². The van der Waals surface area contributed by atoms with Crippen molar-refractivity contribution in [2.24, 2.45) is 0 Å². The third kappa shape index (κ3) is 3.23. The number of carbonyl (C=O) groups excluding carboxylic acids is 2. The van der Waals surface area contributed by atoms with E-state index in [1.807, 2.05) is 6.92 Å². The van der Waals surface area contributed by atoms with Gasteiger partial charge in [-0.3, -0.25) is 10.1 Å². The minimum absolute atomic E-state index is 0.187. The van der Waals surface area contributed by atoms with Gasteiger partial charge in [0.1, 0.15) is 5.88 Å². The fraction of sp³-hybridized carbons (Fsp3) is 0.600. The quantitative estimate of drug-likeness (QED) is 0.548. The number of halogens is 1. The van der Waals surface area contributed by atoms with Crippen molar-refractivity contribution in [2.75, 3.05) is 19.0 Å². The molecule has 0 aromatic heterocycles. The third-order valence-corrected chi connectivity index (χ3v) is 2.81. The summed E-state index contributed by atoms with van der Waals surface area (Å²) in [6.07, 6.45) is 0.869. The van der Waals surface area contributed by atoms with Gasteiger partial charge in [-0.1, -0.05) is 11.1 Å². The fourth-order valence-electron chi connectivity index (χ4n) is 1.42. The molecule has 1 aliphatic rings. The van der Waals surface area contributed by atoms with Crippen molar-refractivity contribution in [3.8, 4) is 0 Å². The highest BCUT2D eigenvalue weighted by Crippen LogP contribution is 2.16. The SMILES string of the molecule is CC1=C(C)CN(C(=O)NC(=O)CCl)CC1. The van der Waals surface area contributed by atoms with Crippen molar-refractivity contribution < 1.29 is 9.59 Å². The predicted molar refractivity (Wildman–Crippen MR) is 58.8 cm³/mol. The van der Waals surface area contributed by atoms with Gasteiger partial charge >= 0.3 is 6.03 Å². The van der Waals surface area contributed by atoms with E-state index in [9.17, 15) is 9.59 Å². The van der Waals surface area contributed by atoms with E-state index < -0.39 is 5.91 Å². The van der Waals surface area contributed by atoms with Crippen LogP contribution in [-0.4, -0.2) is 35.8 Å². The first kappa shape index (κ1) is 12.0. The fourth-order valence-corrected chi connectivity index (χ4v) is 1.49. The number of hydrogen-bond acceptors (Lipinski definition) is 2. The van der Waals surface area contributed by atoms with E-state index in [4.69, 9.17) is 11.6 Å². The normalized spacial score (nSPS) is 16.6. The van der Waals surface area contributed by atoms with Crippen LogP contribution in [0.5, 0.6) is 0 Å². The van der Waals surface area contributed by atoms with E-state index >= 15 is 0 Å². The van der Waals surface area contributed by atoms with Crippen LogP contribution >= 0.6 is 11.6 Å². The molecule has 0 radical (unpaired) electrons. The van der Waals surface area contributed by atoms with Crippen molar-refractivity contribution >= 4 is 23.5 Å². The Morgan fingerprint density at radius 2 is 2.07 bits per heavy atom. The molecule has 0 saturated carbocycles. The molecule has 0 fully saturated rings. The van der Waals surface area contributed by atoms with Crippen molar-refractivity contribution in [2.45, 2.75) is 20.3 Å². The number of carbonyl (C=O) groups is 2. The highest BCUT2D eigenvalue weighted by molar-refractivity contribution is 6.28. The summed E-state index contributed by atoms with van der Waals surface area (Å²) in [5, 5.41) is 2.23. The Morgan fingerprint density at radius 1 is 1.40 bits per heavy atom. The second-order valence-electron chi connectivity index (χ2n) is 3.72. The monoisotopic (exact) mass is 230 g/mol. The Labute approximate surface area is 94.3 Å². The number of hydrogen-bond donors (Lipinski definition) is 1. The standard InChI is InChI=1S/C10H15ClN2O2/c1-7-3-4-13(6-8(7)2)10(15)12-9(14)5-11/h3-6H2,1-2H3,(H,12,14,15). The van der Waals surface area contributed by atoms with Crippen LogP contribution in [0.4, 0.5) is 4.79 Å². The smallest absolute Gasteiger partial charge is 0.320 e. The zero-order valence-electron chi connectivity index (χ0n) is 8.97. The Kier molecular flexibility index (Phi) is 4.15. The molecule has 0 aromatic rings. The van der Waals surface area contributed by atoms with E-state index in [0.29, 0.717) is 13.1 Å². The van der Waals surface area contributed by atoms with Gasteiger partial charge in [0, 0.05) is 13.1 Å². The molecule has 0 bridgehead atoms. The molecule has 5 heteroatoms. The summed E-state index contributed by atoms with van der Waals surface area (Å²) in [7, 11) is 0. The lowest BCUT2D eigenvalue weighted by Gasteiger charge is -2.28. The largest absolute Gasteiger partial charge is 0.324 e. The molecule has 1 aliphatic heterocycles. The van der Waals surface area contributed by atoms with Crippen molar-refractivity contribution in [1.82, 2.24) is 10.2 Å². The minimum atomic E-state index is -0.453. The molecule has 0 unspecified atom stereocenters. The first-order chi connectivity index (χ1) is 7.04. The summed E-state index contributed by atoms with van der Waals surface area (Å²) in [6, 6.07) is -0.354. The first-order valence-corrected chi connectivity index (χ1v) is 5.38. The first-order valence-electron chi connectivity index (χ1n) is 4.84. The Balaban J connectivity index is 2.53. The molecular formula is C10H15ClN2O2. The molecular weight excluding hydrogens is 216 g/mol. The molecule has 0 saturated heterocycles. The Morgan fingerprint density at radius 3 is 2.60 bits per heavy atom. The van der Waals surface area contributed by atoms with Gasteiger partial charge in [-0.05, 0) is 20.3 Å². The average molecular weight is 231 g/mol. The van der Waals surface area contributed by atoms with Crippen LogP contribution in [0, 0.1) is 0 Å². The summed E-state index contributed by atoms with van der Waals surface area (Å²) in [5.74, 6) is -0.640. The Bertz CT molecular complexity index is 313. The maximum atomic E-state index is 11.5. The molecule has 1 N–H and O–H groups in total. The summed E-state index contributed by atoms with van der Waals surface area (Å²) < 4.78 is 0. The van der Waals surface area contributed by atoms with Crippen molar-refractivity contribution in [3.63, 3.8) is 0 Å². The minimum Gasteiger partial charge on any atom is -0.320 e. The van der Waals surface area contributed by atoms with Crippen LogP contribution in [-0.2, 0) is 4.79 Å². The predicted octanol–water partition coefficient (Wildman–Crippen LogP) is 1.50.